The fourth-order valence-electron chi connectivity index (χ4n) is 2.74. The SMILES string of the molecule is CC(C)[C@H]1OCC[C@@H]1CN[C@H](C)CCn1cncn1. The molecule has 3 atom stereocenters. The van der Waals surface area contributed by atoms with Gasteiger partial charge in [0.1, 0.15) is 12.7 Å². The van der Waals surface area contributed by atoms with Gasteiger partial charge in [0.2, 0.25) is 0 Å². The predicted octanol–water partition coefficient (Wildman–Crippen LogP) is 1.71. The van der Waals surface area contributed by atoms with Gasteiger partial charge in [0, 0.05) is 25.7 Å². The summed E-state index contributed by atoms with van der Waals surface area (Å²) in [5, 5.41) is 7.75. The van der Waals surface area contributed by atoms with Crippen LogP contribution in [-0.4, -0.2) is 40.1 Å². The molecule has 19 heavy (non-hydrogen) atoms. The van der Waals surface area contributed by atoms with Crippen LogP contribution < -0.4 is 5.32 Å². The van der Waals surface area contributed by atoms with E-state index in [4.69, 9.17) is 4.74 Å². The van der Waals surface area contributed by atoms with Gasteiger partial charge in [0.05, 0.1) is 6.10 Å². The lowest BCUT2D eigenvalue weighted by Crippen LogP contribution is -2.36. The van der Waals surface area contributed by atoms with Crippen molar-refractivity contribution in [3.05, 3.63) is 12.7 Å². The number of hydrogen-bond donors (Lipinski definition) is 1. The van der Waals surface area contributed by atoms with Gasteiger partial charge in [0.15, 0.2) is 0 Å². The van der Waals surface area contributed by atoms with Crippen molar-refractivity contribution in [3.8, 4) is 0 Å². The Morgan fingerprint density at radius 3 is 2.95 bits per heavy atom. The van der Waals surface area contributed by atoms with Crippen molar-refractivity contribution in [1.29, 1.82) is 0 Å². The predicted molar refractivity (Wildman–Crippen MR) is 74.8 cm³/mol. The molecule has 1 saturated heterocycles. The van der Waals surface area contributed by atoms with Crippen molar-refractivity contribution >= 4 is 0 Å². The monoisotopic (exact) mass is 266 g/mol. The molecule has 1 aromatic heterocycles. The topological polar surface area (TPSA) is 52.0 Å². The number of aromatic nitrogens is 3. The fourth-order valence-corrected chi connectivity index (χ4v) is 2.74. The molecule has 1 fully saturated rings. The summed E-state index contributed by atoms with van der Waals surface area (Å²) in [6.07, 6.45) is 6.04. The van der Waals surface area contributed by atoms with Crippen LogP contribution in [-0.2, 0) is 11.3 Å². The Morgan fingerprint density at radius 2 is 2.26 bits per heavy atom. The summed E-state index contributed by atoms with van der Waals surface area (Å²) >= 11 is 0. The van der Waals surface area contributed by atoms with Gasteiger partial charge in [-0.05, 0) is 31.6 Å². The summed E-state index contributed by atoms with van der Waals surface area (Å²) < 4.78 is 7.70. The summed E-state index contributed by atoms with van der Waals surface area (Å²) in [6, 6.07) is 0.498. The molecule has 0 unspecified atom stereocenters. The van der Waals surface area contributed by atoms with Gasteiger partial charge in [-0.2, -0.15) is 5.10 Å². The zero-order valence-corrected chi connectivity index (χ0v) is 12.2. The van der Waals surface area contributed by atoms with Crippen LogP contribution in [0.3, 0.4) is 0 Å². The molecular formula is C14H26N4O. The maximum atomic E-state index is 5.82. The minimum atomic E-state index is 0.426. The third-order valence-electron chi connectivity index (χ3n) is 3.91. The highest BCUT2D eigenvalue weighted by Gasteiger charge is 2.30. The Kier molecular flexibility index (Phi) is 5.34. The molecule has 0 saturated carbocycles. The van der Waals surface area contributed by atoms with Crippen molar-refractivity contribution in [2.75, 3.05) is 13.2 Å². The van der Waals surface area contributed by atoms with Gasteiger partial charge in [-0.15, -0.1) is 0 Å². The van der Waals surface area contributed by atoms with E-state index in [0.717, 1.165) is 26.1 Å². The minimum absolute atomic E-state index is 0.426. The molecule has 0 amide bonds. The maximum Gasteiger partial charge on any atom is 0.137 e. The summed E-state index contributed by atoms with van der Waals surface area (Å²) in [6.45, 7) is 9.62. The van der Waals surface area contributed by atoms with Gasteiger partial charge >= 0.3 is 0 Å². The molecule has 2 heterocycles. The number of hydrogen-bond acceptors (Lipinski definition) is 4. The molecule has 5 nitrogen and oxygen atoms in total. The van der Waals surface area contributed by atoms with E-state index in [9.17, 15) is 0 Å². The summed E-state index contributed by atoms with van der Waals surface area (Å²) in [5.74, 6) is 1.27. The third kappa shape index (κ3) is 4.28. The molecule has 108 valence electrons. The second kappa shape index (κ2) is 7.01. The number of ether oxygens (including phenoxy) is 1. The van der Waals surface area contributed by atoms with Crippen LogP contribution in [0.15, 0.2) is 12.7 Å². The van der Waals surface area contributed by atoms with Crippen LogP contribution in [0, 0.1) is 11.8 Å². The van der Waals surface area contributed by atoms with Gasteiger partial charge in [-0.25, -0.2) is 4.98 Å². The van der Waals surface area contributed by atoms with Crippen molar-refractivity contribution in [2.24, 2.45) is 11.8 Å². The zero-order chi connectivity index (χ0) is 13.7. The van der Waals surface area contributed by atoms with Gasteiger partial charge < -0.3 is 10.1 Å². The van der Waals surface area contributed by atoms with Crippen LogP contribution in [0.4, 0.5) is 0 Å². The van der Waals surface area contributed by atoms with E-state index >= 15 is 0 Å². The molecule has 5 heteroatoms. The quantitative estimate of drug-likeness (QED) is 0.816. The first-order valence-corrected chi connectivity index (χ1v) is 7.34. The van der Waals surface area contributed by atoms with Gasteiger partial charge in [-0.1, -0.05) is 13.8 Å². The molecule has 1 aliphatic rings. The van der Waals surface area contributed by atoms with Gasteiger partial charge in [-0.3, -0.25) is 4.68 Å². The second-order valence-corrected chi connectivity index (χ2v) is 5.88. The fraction of sp³-hybridized carbons (Fsp3) is 0.857. The highest BCUT2D eigenvalue weighted by atomic mass is 16.5. The van der Waals surface area contributed by atoms with E-state index < -0.39 is 0 Å². The Balaban J connectivity index is 1.67. The van der Waals surface area contributed by atoms with Crippen LogP contribution in [0.25, 0.3) is 0 Å². The largest absolute Gasteiger partial charge is 0.378 e. The van der Waals surface area contributed by atoms with E-state index in [1.165, 1.54) is 6.42 Å². The Labute approximate surface area is 115 Å². The molecule has 1 aliphatic heterocycles. The number of nitrogens with one attached hydrogen (secondary N) is 1. The Hall–Kier alpha value is -0.940. The number of aryl methyl sites for hydroxylation is 1. The molecular weight excluding hydrogens is 240 g/mol. The van der Waals surface area contributed by atoms with Crippen LogP contribution in [0.2, 0.25) is 0 Å². The average Bonchev–Trinajstić information content (AvgIpc) is 3.04. The summed E-state index contributed by atoms with van der Waals surface area (Å²) in [4.78, 5) is 3.95. The number of nitrogens with zero attached hydrogens (tertiary/aromatic N) is 3. The van der Waals surface area contributed by atoms with Crippen LogP contribution in [0.5, 0.6) is 0 Å². The van der Waals surface area contributed by atoms with Crippen LogP contribution >= 0.6 is 0 Å². The smallest absolute Gasteiger partial charge is 0.137 e. The molecule has 0 aromatic carbocycles. The maximum absolute atomic E-state index is 5.82. The average molecular weight is 266 g/mol. The Morgan fingerprint density at radius 1 is 1.42 bits per heavy atom. The van der Waals surface area contributed by atoms with Crippen molar-refractivity contribution in [3.63, 3.8) is 0 Å². The van der Waals surface area contributed by atoms with Crippen molar-refractivity contribution in [1.82, 2.24) is 20.1 Å². The molecule has 1 aromatic rings. The van der Waals surface area contributed by atoms with Gasteiger partial charge in [0.25, 0.3) is 0 Å². The Bertz CT molecular complexity index is 352. The molecule has 0 aliphatic carbocycles. The first-order chi connectivity index (χ1) is 9.16. The standard InChI is InChI=1S/C14H26N4O/c1-11(2)14-13(5-7-19-14)8-16-12(3)4-6-18-10-15-9-17-18/h9-14,16H,4-8H2,1-3H3/t12-,13-,14-/m1/s1. The lowest BCUT2D eigenvalue weighted by molar-refractivity contribution is 0.0534. The minimum Gasteiger partial charge on any atom is -0.378 e. The zero-order valence-electron chi connectivity index (χ0n) is 12.2. The normalized spacial score (nSPS) is 25.1. The first-order valence-electron chi connectivity index (χ1n) is 7.34. The summed E-state index contributed by atoms with van der Waals surface area (Å²) in [5.41, 5.74) is 0. The van der Waals surface area contributed by atoms with E-state index in [-0.39, 0.29) is 0 Å². The van der Waals surface area contributed by atoms with E-state index in [1.807, 2.05) is 4.68 Å². The highest BCUT2D eigenvalue weighted by molar-refractivity contribution is 4.81. The van der Waals surface area contributed by atoms with Crippen molar-refractivity contribution in [2.45, 2.75) is 52.3 Å². The molecule has 2 rings (SSSR count). The van der Waals surface area contributed by atoms with E-state index in [0.29, 0.717) is 24.0 Å². The third-order valence-corrected chi connectivity index (χ3v) is 3.91. The van der Waals surface area contributed by atoms with E-state index in [1.54, 1.807) is 12.7 Å². The number of rotatable bonds is 7. The van der Waals surface area contributed by atoms with Crippen LogP contribution in [0.1, 0.15) is 33.6 Å². The van der Waals surface area contributed by atoms with Crippen molar-refractivity contribution < 1.29 is 4.74 Å². The molecule has 0 spiro atoms. The lowest BCUT2D eigenvalue weighted by Gasteiger charge is -2.24. The molecule has 0 radical (unpaired) electrons. The lowest BCUT2D eigenvalue weighted by atomic mass is 9.93. The molecule has 0 bridgehead atoms. The second-order valence-electron chi connectivity index (χ2n) is 5.88. The first kappa shape index (κ1) is 14.5. The highest BCUT2D eigenvalue weighted by Crippen LogP contribution is 2.26. The summed E-state index contributed by atoms with van der Waals surface area (Å²) in [7, 11) is 0. The molecule has 1 N–H and O–H groups in total. The van der Waals surface area contributed by atoms with E-state index in [2.05, 4.69) is 36.2 Å².